The summed E-state index contributed by atoms with van der Waals surface area (Å²) in [6.07, 6.45) is 0.489. The molecule has 0 amide bonds. The van der Waals surface area contributed by atoms with Crippen molar-refractivity contribution in [3.05, 3.63) is 29.8 Å². The second-order valence-electron chi connectivity index (χ2n) is 4.89. The molecule has 0 aliphatic rings. The lowest BCUT2D eigenvalue weighted by Gasteiger charge is -2.26. The molecule has 1 rings (SSSR count). The van der Waals surface area contributed by atoms with Crippen LogP contribution in [0.15, 0.2) is 24.3 Å². The van der Waals surface area contributed by atoms with Gasteiger partial charge in [0.05, 0.1) is 12.7 Å². The molecule has 0 aromatic heterocycles. The highest BCUT2D eigenvalue weighted by Crippen LogP contribution is 2.29. The number of benzene rings is 1. The molecule has 16 heavy (non-hydrogen) atoms. The molecule has 1 aromatic rings. The van der Waals surface area contributed by atoms with Crippen LogP contribution in [0.2, 0.25) is 0 Å². The van der Waals surface area contributed by atoms with E-state index in [1.807, 2.05) is 26.0 Å². The van der Waals surface area contributed by atoms with Gasteiger partial charge in [-0.05, 0) is 43.4 Å². The summed E-state index contributed by atoms with van der Waals surface area (Å²) in [7, 11) is 0. The van der Waals surface area contributed by atoms with Crippen molar-refractivity contribution in [2.45, 2.75) is 45.6 Å². The van der Waals surface area contributed by atoms with Gasteiger partial charge in [0.25, 0.3) is 0 Å². The van der Waals surface area contributed by atoms with Crippen molar-refractivity contribution in [2.75, 3.05) is 6.61 Å². The first-order chi connectivity index (χ1) is 7.45. The van der Waals surface area contributed by atoms with Crippen LogP contribution in [-0.2, 0) is 5.41 Å². The van der Waals surface area contributed by atoms with Crippen molar-refractivity contribution in [2.24, 2.45) is 0 Å². The number of aliphatic hydroxyl groups is 1. The quantitative estimate of drug-likeness (QED) is 0.829. The van der Waals surface area contributed by atoms with E-state index in [1.54, 1.807) is 0 Å². The summed E-state index contributed by atoms with van der Waals surface area (Å²) in [6, 6.07) is 8.13. The molecule has 1 unspecified atom stereocenters. The van der Waals surface area contributed by atoms with E-state index in [0.717, 1.165) is 12.2 Å². The van der Waals surface area contributed by atoms with E-state index in [4.69, 9.17) is 4.74 Å². The minimum Gasteiger partial charge on any atom is -0.494 e. The molecular formula is C14H22O2. The lowest BCUT2D eigenvalue weighted by molar-refractivity contribution is 0.157. The molecule has 0 saturated carbocycles. The summed E-state index contributed by atoms with van der Waals surface area (Å²) in [5.41, 5.74) is 1.23. The third-order valence-corrected chi connectivity index (χ3v) is 2.75. The average Bonchev–Trinajstić information content (AvgIpc) is 2.17. The van der Waals surface area contributed by atoms with Crippen molar-refractivity contribution in [3.63, 3.8) is 0 Å². The molecule has 0 bridgehead atoms. The summed E-state index contributed by atoms with van der Waals surface area (Å²) in [5.74, 6) is 0.902. The molecule has 0 heterocycles. The van der Waals surface area contributed by atoms with Crippen LogP contribution in [0.25, 0.3) is 0 Å². The molecule has 0 radical (unpaired) electrons. The lowest BCUT2D eigenvalue weighted by atomic mass is 9.80. The van der Waals surface area contributed by atoms with Crippen molar-refractivity contribution in [1.82, 2.24) is 0 Å². The fraction of sp³-hybridized carbons (Fsp3) is 0.571. The molecule has 2 nitrogen and oxygen atoms in total. The Balaban J connectivity index is 2.79. The zero-order chi connectivity index (χ0) is 12.2. The second kappa shape index (κ2) is 5.35. The van der Waals surface area contributed by atoms with E-state index >= 15 is 0 Å². The Morgan fingerprint density at radius 1 is 1.25 bits per heavy atom. The first-order valence-corrected chi connectivity index (χ1v) is 5.87. The van der Waals surface area contributed by atoms with Crippen molar-refractivity contribution in [3.8, 4) is 5.75 Å². The maximum Gasteiger partial charge on any atom is 0.119 e. The fourth-order valence-corrected chi connectivity index (χ4v) is 2.03. The molecule has 1 aromatic carbocycles. The van der Waals surface area contributed by atoms with Gasteiger partial charge in [0.2, 0.25) is 0 Å². The Morgan fingerprint density at radius 3 is 2.25 bits per heavy atom. The second-order valence-corrected chi connectivity index (χ2v) is 4.89. The van der Waals surface area contributed by atoms with Crippen LogP contribution in [0, 0.1) is 0 Å². The van der Waals surface area contributed by atoms with E-state index in [1.165, 1.54) is 5.56 Å². The zero-order valence-electron chi connectivity index (χ0n) is 10.7. The first kappa shape index (κ1) is 13.0. The van der Waals surface area contributed by atoms with Crippen LogP contribution in [0.5, 0.6) is 5.75 Å². The third kappa shape index (κ3) is 3.53. The minimum absolute atomic E-state index is 0.00108. The zero-order valence-corrected chi connectivity index (χ0v) is 10.7. The SMILES string of the molecule is CCOc1ccc(C(C)(C)CC(C)O)cc1. The Labute approximate surface area is 98.3 Å². The molecule has 0 saturated heterocycles. The molecule has 2 heteroatoms. The van der Waals surface area contributed by atoms with Crippen LogP contribution in [0.3, 0.4) is 0 Å². The van der Waals surface area contributed by atoms with Gasteiger partial charge < -0.3 is 9.84 Å². The maximum absolute atomic E-state index is 9.46. The highest BCUT2D eigenvalue weighted by molar-refractivity contribution is 5.31. The van der Waals surface area contributed by atoms with Crippen molar-refractivity contribution in [1.29, 1.82) is 0 Å². The van der Waals surface area contributed by atoms with Gasteiger partial charge in [-0.1, -0.05) is 26.0 Å². The number of hydrogen-bond donors (Lipinski definition) is 1. The average molecular weight is 222 g/mol. The number of hydrogen-bond acceptors (Lipinski definition) is 2. The predicted molar refractivity (Wildman–Crippen MR) is 66.9 cm³/mol. The number of ether oxygens (including phenoxy) is 1. The fourth-order valence-electron chi connectivity index (χ4n) is 2.03. The topological polar surface area (TPSA) is 29.5 Å². The van der Waals surface area contributed by atoms with E-state index < -0.39 is 0 Å². The van der Waals surface area contributed by atoms with Crippen molar-refractivity contribution >= 4 is 0 Å². The van der Waals surface area contributed by atoms with Crippen LogP contribution < -0.4 is 4.74 Å². The summed E-state index contributed by atoms with van der Waals surface area (Å²) >= 11 is 0. The van der Waals surface area contributed by atoms with Gasteiger partial charge in [-0.25, -0.2) is 0 Å². The standard InChI is InChI=1S/C14H22O2/c1-5-16-13-8-6-12(7-9-13)14(3,4)10-11(2)15/h6-9,11,15H,5,10H2,1-4H3. The van der Waals surface area contributed by atoms with Gasteiger partial charge in [0.15, 0.2) is 0 Å². The molecule has 1 N–H and O–H groups in total. The largest absolute Gasteiger partial charge is 0.494 e. The molecule has 0 spiro atoms. The Kier molecular flexibility index (Phi) is 4.36. The molecule has 90 valence electrons. The first-order valence-electron chi connectivity index (χ1n) is 5.87. The van der Waals surface area contributed by atoms with Crippen LogP contribution >= 0.6 is 0 Å². The number of rotatable bonds is 5. The van der Waals surface area contributed by atoms with Gasteiger partial charge in [0.1, 0.15) is 5.75 Å². The summed E-state index contributed by atoms with van der Waals surface area (Å²) in [4.78, 5) is 0. The van der Waals surface area contributed by atoms with E-state index in [2.05, 4.69) is 26.0 Å². The summed E-state index contributed by atoms with van der Waals surface area (Å²) in [6.45, 7) is 8.79. The Hall–Kier alpha value is -1.02. The Bertz CT molecular complexity index is 312. The van der Waals surface area contributed by atoms with Gasteiger partial charge in [-0.2, -0.15) is 0 Å². The maximum atomic E-state index is 9.46. The minimum atomic E-state index is -0.276. The molecule has 0 aliphatic heterocycles. The van der Waals surface area contributed by atoms with E-state index in [9.17, 15) is 5.11 Å². The highest BCUT2D eigenvalue weighted by atomic mass is 16.5. The Morgan fingerprint density at radius 2 is 1.81 bits per heavy atom. The van der Waals surface area contributed by atoms with Gasteiger partial charge in [-0.15, -0.1) is 0 Å². The summed E-state index contributed by atoms with van der Waals surface area (Å²) < 4.78 is 5.41. The van der Waals surface area contributed by atoms with Gasteiger partial charge in [-0.3, -0.25) is 0 Å². The van der Waals surface area contributed by atoms with E-state index in [0.29, 0.717) is 6.61 Å². The van der Waals surface area contributed by atoms with Crippen LogP contribution in [0.1, 0.15) is 39.7 Å². The third-order valence-electron chi connectivity index (χ3n) is 2.75. The highest BCUT2D eigenvalue weighted by Gasteiger charge is 2.22. The molecule has 1 atom stereocenters. The normalized spacial score (nSPS) is 13.6. The van der Waals surface area contributed by atoms with E-state index in [-0.39, 0.29) is 11.5 Å². The monoisotopic (exact) mass is 222 g/mol. The van der Waals surface area contributed by atoms with Gasteiger partial charge in [0, 0.05) is 0 Å². The summed E-state index contributed by atoms with van der Waals surface area (Å²) in [5, 5.41) is 9.46. The van der Waals surface area contributed by atoms with Crippen LogP contribution in [-0.4, -0.2) is 17.8 Å². The number of aliphatic hydroxyl groups excluding tert-OH is 1. The van der Waals surface area contributed by atoms with Crippen LogP contribution in [0.4, 0.5) is 0 Å². The van der Waals surface area contributed by atoms with Gasteiger partial charge >= 0.3 is 0 Å². The smallest absolute Gasteiger partial charge is 0.119 e. The molecular weight excluding hydrogens is 200 g/mol. The molecule has 0 aliphatic carbocycles. The van der Waals surface area contributed by atoms with Crippen molar-refractivity contribution < 1.29 is 9.84 Å². The lowest BCUT2D eigenvalue weighted by Crippen LogP contribution is -2.22. The molecule has 0 fully saturated rings. The predicted octanol–water partition coefficient (Wildman–Crippen LogP) is 3.13.